The maximum atomic E-state index is 13.0. The number of nitrogens with one attached hydrogen (secondary N) is 1. The van der Waals surface area contributed by atoms with Gasteiger partial charge in [0.1, 0.15) is 0 Å². The predicted molar refractivity (Wildman–Crippen MR) is 113 cm³/mol. The number of amides is 2. The zero-order chi connectivity index (χ0) is 25.1. The lowest BCUT2D eigenvalue weighted by Gasteiger charge is -2.24. The molecule has 0 aromatic heterocycles. The van der Waals surface area contributed by atoms with Gasteiger partial charge in [-0.3, -0.25) is 9.59 Å². The van der Waals surface area contributed by atoms with Crippen molar-refractivity contribution in [2.75, 3.05) is 6.54 Å². The highest BCUT2D eigenvalue weighted by Crippen LogP contribution is 2.36. The zero-order valence-corrected chi connectivity index (χ0v) is 18.4. The number of alkyl halides is 6. The molecule has 3 rings (SSSR count). The highest BCUT2D eigenvalue weighted by atomic mass is 19.4. The van der Waals surface area contributed by atoms with E-state index in [-0.39, 0.29) is 43.0 Å². The molecule has 1 N–H and O–H groups in total. The van der Waals surface area contributed by atoms with Crippen molar-refractivity contribution < 1.29 is 35.9 Å². The van der Waals surface area contributed by atoms with Crippen LogP contribution in [0, 0.1) is 6.92 Å². The summed E-state index contributed by atoms with van der Waals surface area (Å²) in [5.74, 6) is -0.487. The van der Waals surface area contributed by atoms with Gasteiger partial charge >= 0.3 is 12.4 Å². The van der Waals surface area contributed by atoms with Crippen molar-refractivity contribution in [1.29, 1.82) is 0 Å². The summed E-state index contributed by atoms with van der Waals surface area (Å²) >= 11 is 0. The largest absolute Gasteiger partial charge is 0.416 e. The van der Waals surface area contributed by atoms with Gasteiger partial charge in [0.2, 0.25) is 11.8 Å². The molecule has 2 aromatic carbocycles. The summed E-state index contributed by atoms with van der Waals surface area (Å²) in [4.78, 5) is 26.3. The highest BCUT2D eigenvalue weighted by Gasteiger charge is 2.37. The van der Waals surface area contributed by atoms with Crippen LogP contribution in [0.25, 0.3) is 0 Å². The summed E-state index contributed by atoms with van der Waals surface area (Å²) in [5, 5.41) is 2.54. The van der Waals surface area contributed by atoms with Crippen LogP contribution >= 0.6 is 0 Å². The Bertz CT molecular complexity index is 999. The van der Waals surface area contributed by atoms with Crippen LogP contribution in [0.2, 0.25) is 0 Å². The van der Waals surface area contributed by atoms with Gasteiger partial charge in [0.15, 0.2) is 0 Å². The molecule has 4 nitrogen and oxygen atoms in total. The van der Waals surface area contributed by atoms with E-state index in [9.17, 15) is 35.9 Å². The molecule has 10 heteroatoms. The molecule has 1 unspecified atom stereocenters. The van der Waals surface area contributed by atoms with E-state index >= 15 is 0 Å². The maximum absolute atomic E-state index is 13.0. The number of benzene rings is 2. The van der Waals surface area contributed by atoms with Gasteiger partial charge < -0.3 is 10.2 Å². The SMILES string of the molecule is Cc1ccc(CN2C(=O)CCC2CC(=O)NCCc2cc(C(F)(F)F)cc(C(F)(F)F)c2)cc1. The van der Waals surface area contributed by atoms with Crippen LogP contribution in [0.5, 0.6) is 0 Å². The number of likely N-dealkylation sites (tertiary alicyclic amines) is 1. The topological polar surface area (TPSA) is 49.4 Å². The molecule has 1 heterocycles. The van der Waals surface area contributed by atoms with Gasteiger partial charge in [-0.2, -0.15) is 26.3 Å². The van der Waals surface area contributed by atoms with Crippen LogP contribution in [-0.2, 0) is 34.9 Å². The predicted octanol–water partition coefficient (Wildman–Crippen LogP) is 5.27. The van der Waals surface area contributed by atoms with Gasteiger partial charge in [-0.05, 0) is 49.1 Å². The van der Waals surface area contributed by atoms with Crippen LogP contribution in [-0.4, -0.2) is 29.3 Å². The number of aryl methyl sites for hydroxylation is 1. The summed E-state index contributed by atoms with van der Waals surface area (Å²) < 4.78 is 77.9. The Hall–Kier alpha value is -3.04. The van der Waals surface area contributed by atoms with Gasteiger partial charge in [-0.15, -0.1) is 0 Å². The third-order valence-corrected chi connectivity index (χ3v) is 5.73. The molecule has 1 atom stereocenters. The number of nitrogens with zero attached hydrogens (tertiary/aromatic N) is 1. The fraction of sp³-hybridized carbons (Fsp3) is 0.417. The van der Waals surface area contributed by atoms with E-state index < -0.39 is 29.4 Å². The number of carbonyl (C=O) groups is 2. The Kier molecular flexibility index (Phi) is 7.57. The van der Waals surface area contributed by atoms with E-state index in [1.165, 1.54) is 0 Å². The van der Waals surface area contributed by atoms with Gasteiger partial charge in [0, 0.05) is 32.0 Å². The summed E-state index contributed by atoms with van der Waals surface area (Å²) in [7, 11) is 0. The molecule has 1 saturated heterocycles. The van der Waals surface area contributed by atoms with E-state index in [0.717, 1.165) is 11.1 Å². The number of rotatable bonds is 7. The molecule has 34 heavy (non-hydrogen) atoms. The Labute approximate surface area is 192 Å². The van der Waals surface area contributed by atoms with Crippen molar-refractivity contribution >= 4 is 11.8 Å². The molecule has 184 valence electrons. The summed E-state index contributed by atoms with van der Waals surface area (Å²) in [5.41, 5.74) is -0.953. The standard InChI is InChI=1S/C24H24F6N2O2/c1-15-2-4-16(5-3-15)14-32-20(6-7-22(32)34)13-21(33)31-9-8-17-10-18(23(25,26)27)12-19(11-17)24(28,29)30/h2-5,10-12,20H,6-9,13-14H2,1H3,(H,31,33). The third kappa shape index (κ3) is 6.74. The van der Waals surface area contributed by atoms with E-state index in [2.05, 4.69) is 5.32 Å². The molecule has 0 saturated carbocycles. The smallest absolute Gasteiger partial charge is 0.356 e. The van der Waals surface area contributed by atoms with E-state index in [4.69, 9.17) is 0 Å². The molecule has 0 bridgehead atoms. The van der Waals surface area contributed by atoms with Gasteiger partial charge in [-0.1, -0.05) is 29.8 Å². The second-order valence-corrected chi connectivity index (χ2v) is 8.42. The summed E-state index contributed by atoms with van der Waals surface area (Å²) in [6.07, 6.45) is -9.22. The first-order chi connectivity index (χ1) is 15.8. The van der Waals surface area contributed by atoms with Crippen molar-refractivity contribution in [3.63, 3.8) is 0 Å². The first-order valence-corrected chi connectivity index (χ1v) is 10.7. The number of hydrogen-bond acceptors (Lipinski definition) is 2. The highest BCUT2D eigenvalue weighted by molar-refractivity contribution is 5.82. The Balaban J connectivity index is 1.58. The monoisotopic (exact) mass is 486 g/mol. The van der Waals surface area contributed by atoms with E-state index in [1.54, 1.807) is 4.90 Å². The molecule has 1 aliphatic heterocycles. The van der Waals surface area contributed by atoms with Gasteiger partial charge in [-0.25, -0.2) is 0 Å². The lowest BCUT2D eigenvalue weighted by molar-refractivity contribution is -0.143. The van der Waals surface area contributed by atoms with Crippen LogP contribution in [0.4, 0.5) is 26.3 Å². The quantitative estimate of drug-likeness (QED) is 0.542. The molecule has 1 fully saturated rings. The van der Waals surface area contributed by atoms with Crippen LogP contribution in [0.3, 0.4) is 0 Å². The van der Waals surface area contributed by atoms with Crippen molar-refractivity contribution in [2.45, 2.75) is 57.5 Å². The van der Waals surface area contributed by atoms with Crippen LogP contribution in [0.1, 0.15) is 47.1 Å². The number of carbonyl (C=O) groups excluding carboxylic acids is 2. The molecule has 2 amide bonds. The lowest BCUT2D eigenvalue weighted by atomic mass is 10.0. The first kappa shape index (κ1) is 25.6. The third-order valence-electron chi connectivity index (χ3n) is 5.73. The molecule has 1 aliphatic rings. The summed E-state index contributed by atoms with van der Waals surface area (Å²) in [6, 6.07) is 8.72. The fourth-order valence-electron chi connectivity index (χ4n) is 3.91. The molecular formula is C24H24F6N2O2. The minimum Gasteiger partial charge on any atom is -0.356 e. The minimum atomic E-state index is -4.92. The molecule has 2 aromatic rings. The average molecular weight is 486 g/mol. The number of hydrogen-bond donors (Lipinski definition) is 1. The molecule has 0 aliphatic carbocycles. The van der Waals surface area contributed by atoms with E-state index in [1.807, 2.05) is 31.2 Å². The molecule has 0 radical (unpaired) electrons. The second kappa shape index (κ2) is 10.1. The van der Waals surface area contributed by atoms with Gasteiger partial charge in [0.25, 0.3) is 0 Å². The van der Waals surface area contributed by atoms with Crippen molar-refractivity contribution in [2.24, 2.45) is 0 Å². The maximum Gasteiger partial charge on any atom is 0.416 e. The summed E-state index contributed by atoms with van der Waals surface area (Å²) in [6.45, 7) is 2.18. The average Bonchev–Trinajstić information content (AvgIpc) is 3.07. The molecular weight excluding hydrogens is 462 g/mol. The Morgan fingerprint density at radius 1 is 0.971 bits per heavy atom. The Morgan fingerprint density at radius 2 is 1.56 bits per heavy atom. The van der Waals surface area contributed by atoms with Crippen molar-refractivity contribution in [1.82, 2.24) is 10.2 Å². The van der Waals surface area contributed by atoms with E-state index in [0.29, 0.717) is 31.5 Å². The molecule has 0 spiro atoms. The second-order valence-electron chi connectivity index (χ2n) is 8.42. The van der Waals surface area contributed by atoms with Crippen LogP contribution in [0.15, 0.2) is 42.5 Å². The van der Waals surface area contributed by atoms with Crippen molar-refractivity contribution in [3.05, 3.63) is 70.3 Å². The Morgan fingerprint density at radius 3 is 2.12 bits per heavy atom. The minimum absolute atomic E-state index is 0.00793. The zero-order valence-electron chi connectivity index (χ0n) is 18.4. The van der Waals surface area contributed by atoms with Gasteiger partial charge in [0.05, 0.1) is 11.1 Å². The van der Waals surface area contributed by atoms with Crippen LogP contribution < -0.4 is 5.32 Å². The number of halogens is 6. The first-order valence-electron chi connectivity index (χ1n) is 10.7. The lowest BCUT2D eigenvalue weighted by Crippen LogP contribution is -2.37. The van der Waals surface area contributed by atoms with Crippen molar-refractivity contribution in [3.8, 4) is 0 Å². The normalized spacial score (nSPS) is 16.7. The fourth-order valence-corrected chi connectivity index (χ4v) is 3.91.